The molecule has 15 heavy (non-hydrogen) atoms. The van der Waals surface area contributed by atoms with Crippen molar-refractivity contribution in [3.63, 3.8) is 0 Å². The van der Waals surface area contributed by atoms with Crippen molar-refractivity contribution in [3.8, 4) is 0 Å². The highest BCUT2D eigenvalue weighted by atomic mass is 32.2. The van der Waals surface area contributed by atoms with Gasteiger partial charge in [0.05, 0.1) is 18.5 Å². The highest BCUT2D eigenvalue weighted by Gasteiger charge is 2.09. The van der Waals surface area contributed by atoms with Crippen LogP contribution in [0.15, 0.2) is 0 Å². The number of rotatable bonds is 9. The van der Waals surface area contributed by atoms with Gasteiger partial charge in [-0.1, -0.05) is 0 Å². The lowest BCUT2D eigenvalue weighted by atomic mass is 10.3. The van der Waals surface area contributed by atoms with Gasteiger partial charge in [-0.2, -0.15) is 0 Å². The van der Waals surface area contributed by atoms with Gasteiger partial charge in [0.1, 0.15) is 0 Å². The average Bonchev–Trinajstić information content (AvgIpc) is 2.11. The number of hydrogen-bond donors (Lipinski definition) is 2. The van der Waals surface area contributed by atoms with Crippen LogP contribution in [0.4, 0.5) is 0 Å². The summed E-state index contributed by atoms with van der Waals surface area (Å²) in [5.41, 5.74) is 0. The lowest BCUT2D eigenvalue weighted by molar-refractivity contribution is 0.0911. The second-order valence-electron chi connectivity index (χ2n) is 3.56. The number of unbranched alkanes of at least 4 members (excludes halogenated alkanes) is 1. The summed E-state index contributed by atoms with van der Waals surface area (Å²) >= 11 is 0. The van der Waals surface area contributed by atoms with Crippen LogP contribution in [0.25, 0.3) is 0 Å². The smallest absolute Gasteiger partial charge is 0.213 e. The van der Waals surface area contributed by atoms with Gasteiger partial charge >= 0.3 is 0 Å². The molecule has 0 aliphatic heterocycles. The van der Waals surface area contributed by atoms with Gasteiger partial charge in [0.2, 0.25) is 10.0 Å². The summed E-state index contributed by atoms with van der Waals surface area (Å²) in [6, 6.07) is 0. The first-order valence-corrected chi connectivity index (χ1v) is 6.83. The zero-order valence-corrected chi connectivity index (χ0v) is 10.2. The number of sulfonamides is 1. The molecule has 0 saturated heterocycles. The summed E-state index contributed by atoms with van der Waals surface area (Å²) < 4.78 is 30.2. The molecule has 0 heterocycles. The molecule has 6 heteroatoms. The Hall–Kier alpha value is -0.170. The first kappa shape index (κ1) is 14.8. The van der Waals surface area contributed by atoms with Crippen LogP contribution in [0, 0.1) is 0 Å². The van der Waals surface area contributed by atoms with E-state index in [9.17, 15) is 8.42 Å². The van der Waals surface area contributed by atoms with Crippen LogP contribution in [0.3, 0.4) is 0 Å². The van der Waals surface area contributed by atoms with Crippen molar-refractivity contribution in [2.75, 3.05) is 25.5 Å². The number of aliphatic hydroxyl groups excluding tert-OH is 1. The molecular formula is C9H21NO4S. The van der Waals surface area contributed by atoms with E-state index >= 15 is 0 Å². The molecule has 0 aromatic heterocycles. The lowest BCUT2D eigenvalue weighted by Gasteiger charge is -2.08. The first-order valence-electron chi connectivity index (χ1n) is 5.17. The van der Waals surface area contributed by atoms with Crippen molar-refractivity contribution in [3.05, 3.63) is 0 Å². The van der Waals surface area contributed by atoms with Crippen molar-refractivity contribution in [2.45, 2.75) is 32.8 Å². The van der Waals surface area contributed by atoms with E-state index in [-0.39, 0.29) is 25.1 Å². The molecule has 0 amide bonds. The number of nitrogens with one attached hydrogen (secondary N) is 1. The third-order valence-electron chi connectivity index (χ3n) is 1.71. The fourth-order valence-electron chi connectivity index (χ4n) is 0.930. The van der Waals surface area contributed by atoms with E-state index in [2.05, 4.69) is 4.72 Å². The minimum absolute atomic E-state index is 0.00962. The third-order valence-corrected chi connectivity index (χ3v) is 3.06. The fourth-order valence-corrected chi connectivity index (χ4v) is 1.85. The van der Waals surface area contributed by atoms with Crippen molar-refractivity contribution < 1.29 is 18.3 Å². The van der Waals surface area contributed by atoms with Crippen molar-refractivity contribution >= 4 is 10.0 Å². The predicted molar refractivity (Wildman–Crippen MR) is 59.2 cm³/mol. The molecule has 0 fully saturated rings. The Kier molecular flexibility index (Phi) is 7.95. The molecule has 0 saturated carbocycles. The molecule has 92 valence electrons. The van der Waals surface area contributed by atoms with E-state index < -0.39 is 10.0 Å². The molecule has 0 atom stereocenters. The molecule has 0 aliphatic rings. The van der Waals surface area contributed by atoms with Gasteiger partial charge < -0.3 is 9.84 Å². The highest BCUT2D eigenvalue weighted by Crippen LogP contribution is 1.92. The molecular weight excluding hydrogens is 218 g/mol. The molecule has 0 aromatic carbocycles. The predicted octanol–water partition coefficient (Wildman–Crippen LogP) is 0.103. The van der Waals surface area contributed by atoms with Crippen molar-refractivity contribution in [1.82, 2.24) is 4.72 Å². The Morgan fingerprint density at radius 2 is 2.00 bits per heavy atom. The molecule has 5 nitrogen and oxygen atoms in total. The second-order valence-corrected chi connectivity index (χ2v) is 5.49. The topological polar surface area (TPSA) is 75.6 Å². The van der Waals surface area contributed by atoms with Gasteiger partial charge in [-0.05, 0) is 26.7 Å². The number of ether oxygens (including phenoxy) is 1. The highest BCUT2D eigenvalue weighted by molar-refractivity contribution is 7.89. The Bertz CT molecular complexity index is 238. The Morgan fingerprint density at radius 3 is 2.53 bits per heavy atom. The second kappa shape index (κ2) is 8.04. The van der Waals surface area contributed by atoms with Gasteiger partial charge in [-0.25, -0.2) is 13.1 Å². The molecule has 0 radical (unpaired) electrons. The van der Waals surface area contributed by atoms with Crippen LogP contribution >= 0.6 is 0 Å². The summed E-state index contributed by atoms with van der Waals surface area (Å²) in [6.45, 7) is 4.42. The van der Waals surface area contributed by atoms with Gasteiger partial charge in [-0.3, -0.25) is 0 Å². The minimum atomic E-state index is -3.21. The average molecular weight is 239 g/mol. The molecule has 0 rings (SSSR count). The zero-order valence-electron chi connectivity index (χ0n) is 9.40. The minimum Gasteiger partial charge on any atom is -0.396 e. The number of hydrogen-bond acceptors (Lipinski definition) is 4. The summed E-state index contributed by atoms with van der Waals surface area (Å²) in [4.78, 5) is 0. The van der Waals surface area contributed by atoms with E-state index in [0.29, 0.717) is 19.4 Å². The third kappa shape index (κ3) is 10.1. The summed E-state index contributed by atoms with van der Waals surface area (Å²) in [6.07, 6.45) is 1.32. The van der Waals surface area contributed by atoms with Gasteiger partial charge in [-0.15, -0.1) is 0 Å². The maximum absolute atomic E-state index is 11.3. The van der Waals surface area contributed by atoms with E-state index in [0.717, 1.165) is 0 Å². The van der Waals surface area contributed by atoms with Crippen LogP contribution in [-0.2, 0) is 14.8 Å². The van der Waals surface area contributed by atoms with Gasteiger partial charge in [0, 0.05) is 13.2 Å². The molecule has 0 bridgehead atoms. The van der Waals surface area contributed by atoms with Crippen molar-refractivity contribution in [2.24, 2.45) is 0 Å². The normalized spacial score (nSPS) is 12.3. The molecule has 0 spiro atoms. The summed E-state index contributed by atoms with van der Waals surface area (Å²) in [5.74, 6) is -0.00962. The van der Waals surface area contributed by atoms with E-state index in [1.165, 1.54) is 0 Å². The van der Waals surface area contributed by atoms with Crippen LogP contribution in [0.2, 0.25) is 0 Å². The van der Waals surface area contributed by atoms with E-state index in [1.54, 1.807) is 0 Å². The van der Waals surface area contributed by atoms with Gasteiger partial charge in [0.15, 0.2) is 0 Å². The quantitative estimate of drug-likeness (QED) is 0.560. The Morgan fingerprint density at radius 1 is 1.33 bits per heavy atom. The molecule has 0 aromatic rings. The Balaban J connectivity index is 3.59. The first-order chi connectivity index (χ1) is 6.98. The Labute approximate surface area is 91.9 Å². The molecule has 2 N–H and O–H groups in total. The van der Waals surface area contributed by atoms with E-state index in [1.807, 2.05) is 13.8 Å². The maximum atomic E-state index is 11.3. The summed E-state index contributed by atoms with van der Waals surface area (Å²) in [7, 11) is -3.21. The van der Waals surface area contributed by atoms with Crippen LogP contribution < -0.4 is 4.72 Å². The fraction of sp³-hybridized carbons (Fsp3) is 1.00. The zero-order chi connectivity index (χ0) is 11.7. The number of aliphatic hydroxyl groups is 1. The van der Waals surface area contributed by atoms with E-state index in [4.69, 9.17) is 9.84 Å². The SMILES string of the molecule is CC(C)OCCS(=O)(=O)NCCCCO. The molecule has 0 unspecified atom stereocenters. The largest absolute Gasteiger partial charge is 0.396 e. The monoisotopic (exact) mass is 239 g/mol. The summed E-state index contributed by atoms with van der Waals surface area (Å²) in [5, 5.41) is 8.50. The van der Waals surface area contributed by atoms with Gasteiger partial charge in [0.25, 0.3) is 0 Å². The maximum Gasteiger partial charge on any atom is 0.213 e. The van der Waals surface area contributed by atoms with Crippen LogP contribution in [0.1, 0.15) is 26.7 Å². The molecule has 0 aliphatic carbocycles. The lowest BCUT2D eigenvalue weighted by Crippen LogP contribution is -2.29. The van der Waals surface area contributed by atoms with Crippen LogP contribution in [0.5, 0.6) is 0 Å². The standard InChI is InChI=1S/C9H21NO4S/c1-9(2)14-7-8-15(12,13)10-5-3-4-6-11/h9-11H,3-8H2,1-2H3. The van der Waals surface area contributed by atoms with Crippen LogP contribution in [-0.4, -0.2) is 45.1 Å². The van der Waals surface area contributed by atoms with Crippen molar-refractivity contribution in [1.29, 1.82) is 0 Å².